The predicted octanol–water partition coefficient (Wildman–Crippen LogP) is 3.53. The van der Waals surface area contributed by atoms with Crippen LogP contribution in [0.1, 0.15) is 30.0 Å². The molecule has 0 unspecified atom stereocenters. The predicted molar refractivity (Wildman–Crippen MR) is 131 cm³/mol. The van der Waals surface area contributed by atoms with Gasteiger partial charge in [-0.3, -0.25) is 9.69 Å². The van der Waals surface area contributed by atoms with Crippen LogP contribution in [0.25, 0.3) is 6.08 Å². The van der Waals surface area contributed by atoms with Crippen molar-refractivity contribution in [3.05, 3.63) is 69.8 Å². The number of nitrogens with one attached hydrogen (secondary N) is 1. The summed E-state index contributed by atoms with van der Waals surface area (Å²) in [7, 11) is 0. The number of hydrogen-bond acceptors (Lipinski definition) is 4. The fourth-order valence-electron chi connectivity index (χ4n) is 4.54. The highest BCUT2D eigenvalue weighted by Gasteiger charge is 2.22. The number of piperazine rings is 1. The van der Waals surface area contributed by atoms with Crippen LogP contribution in [0.3, 0.4) is 0 Å². The van der Waals surface area contributed by atoms with Crippen molar-refractivity contribution in [2.75, 3.05) is 44.2 Å². The number of hydrogen-bond donors (Lipinski definition) is 2. The van der Waals surface area contributed by atoms with Gasteiger partial charge in [0.2, 0.25) is 5.91 Å². The maximum atomic E-state index is 12.4. The third-order valence-corrected chi connectivity index (χ3v) is 6.88. The summed E-state index contributed by atoms with van der Waals surface area (Å²) in [5.41, 5.74) is 5.40. The number of rotatable bonds is 8. The number of nitrogens with zero attached hydrogens (tertiary/aromatic N) is 2. The van der Waals surface area contributed by atoms with Crippen LogP contribution in [0.5, 0.6) is 0 Å². The van der Waals surface area contributed by atoms with E-state index in [1.807, 2.05) is 24.3 Å². The van der Waals surface area contributed by atoms with Crippen LogP contribution < -0.4 is 10.2 Å². The molecule has 0 radical (unpaired) electrons. The number of carbonyl (C=O) groups is 1. The summed E-state index contributed by atoms with van der Waals surface area (Å²) < 4.78 is 0. The molecule has 0 saturated carbocycles. The van der Waals surface area contributed by atoms with E-state index in [4.69, 9.17) is 11.6 Å². The fraction of sp³-hybridized carbons (Fsp3) is 0.423. The molecule has 0 spiro atoms. The normalized spacial score (nSPS) is 17.1. The molecular weight excluding hydrogens is 422 g/mol. The Morgan fingerprint density at radius 3 is 2.66 bits per heavy atom. The number of halogens is 1. The SMILES string of the molecule is CCc1cccc(N2CCN(C[C@@H](O)CCNC(=O)C3=Cc4ccccc4C3)CC2)c1Cl. The second-order valence-corrected chi connectivity index (χ2v) is 9.01. The first-order valence-electron chi connectivity index (χ1n) is 11.5. The lowest BCUT2D eigenvalue weighted by Crippen LogP contribution is -2.49. The van der Waals surface area contributed by atoms with E-state index < -0.39 is 6.10 Å². The first-order chi connectivity index (χ1) is 15.5. The lowest BCUT2D eigenvalue weighted by molar-refractivity contribution is -0.117. The molecule has 2 aromatic rings. The minimum atomic E-state index is -0.455. The molecule has 1 heterocycles. The standard InChI is InChI=1S/C26H32ClN3O2/c1-2-19-8-5-9-24(25(19)27)30-14-12-29(13-15-30)18-23(31)10-11-28-26(32)22-16-20-6-3-4-7-21(20)17-22/h3-9,16,23,31H,2,10-15,17-18H2,1H3,(H,28,32)/t23-/m0/s1. The third-order valence-electron chi connectivity index (χ3n) is 6.44. The number of aliphatic hydroxyl groups excluding tert-OH is 1. The molecular formula is C26H32ClN3O2. The van der Waals surface area contributed by atoms with Crippen LogP contribution in [0.4, 0.5) is 5.69 Å². The molecule has 2 aliphatic rings. The molecule has 1 atom stereocenters. The lowest BCUT2D eigenvalue weighted by Gasteiger charge is -2.37. The molecule has 6 heteroatoms. The van der Waals surface area contributed by atoms with Crippen molar-refractivity contribution in [2.24, 2.45) is 0 Å². The van der Waals surface area contributed by atoms with Gasteiger partial charge in [0, 0.05) is 51.3 Å². The Morgan fingerprint density at radius 2 is 1.91 bits per heavy atom. The van der Waals surface area contributed by atoms with Crippen molar-refractivity contribution in [3.63, 3.8) is 0 Å². The molecule has 1 amide bonds. The van der Waals surface area contributed by atoms with Gasteiger partial charge in [0.05, 0.1) is 16.8 Å². The molecule has 1 fully saturated rings. The van der Waals surface area contributed by atoms with Crippen molar-refractivity contribution < 1.29 is 9.90 Å². The second kappa shape index (κ2) is 10.5. The van der Waals surface area contributed by atoms with E-state index >= 15 is 0 Å². The van der Waals surface area contributed by atoms with Crippen molar-refractivity contribution in [2.45, 2.75) is 32.3 Å². The minimum Gasteiger partial charge on any atom is -0.392 e. The topological polar surface area (TPSA) is 55.8 Å². The van der Waals surface area contributed by atoms with Crippen molar-refractivity contribution in [1.29, 1.82) is 0 Å². The summed E-state index contributed by atoms with van der Waals surface area (Å²) in [5, 5.41) is 14.3. The molecule has 1 saturated heterocycles. The number of anilines is 1. The zero-order valence-corrected chi connectivity index (χ0v) is 19.4. The monoisotopic (exact) mass is 453 g/mol. The Balaban J connectivity index is 1.18. The van der Waals surface area contributed by atoms with Gasteiger partial charge >= 0.3 is 0 Å². The summed E-state index contributed by atoms with van der Waals surface area (Å²) in [5.74, 6) is -0.0341. The highest BCUT2D eigenvalue weighted by Crippen LogP contribution is 2.30. The van der Waals surface area contributed by atoms with Crippen LogP contribution in [0, 0.1) is 0 Å². The summed E-state index contributed by atoms with van der Waals surface area (Å²) >= 11 is 6.59. The first-order valence-corrected chi connectivity index (χ1v) is 11.9. The fourth-order valence-corrected chi connectivity index (χ4v) is 4.91. The largest absolute Gasteiger partial charge is 0.392 e. The maximum Gasteiger partial charge on any atom is 0.247 e. The average Bonchev–Trinajstić information content (AvgIpc) is 3.24. The Bertz CT molecular complexity index is 983. The Hall–Kier alpha value is -2.34. The quantitative estimate of drug-likeness (QED) is 0.642. The molecule has 1 aliphatic carbocycles. The van der Waals surface area contributed by atoms with Gasteiger partial charge in [-0.15, -0.1) is 0 Å². The van der Waals surface area contributed by atoms with Crippen molar-refractivity contribution in [3.8, 4) is 0 Å². The second-order valence-electron chi connectivity index (χ2n) is 8.64. The van der Waals surface area contributed by atoms with Crippen LogP contribution in [0.2, 0.25) is 5.02 Å². The number of carbonyl (C=O) groups excluding carboxylic acids is 1. The molecule has 5 nitrogen and oxygen atoms in total. The summed E-state index contributed by atoms with van der Waals surface area (Å²) in [6.45, 7) is 6.79. The third kappa shape index (κ3) is 5.34. The van der Waals surface area contributed by atoms with Gasteiger partial charge in [-0.05, 0) is 41.7 Å². The van der Waals surface area contributed by atoms with Gasteiger partial charge in [0.25, 0.3) is 0 Å². The van der Waals surface area contributed by atoms with Gasteiger partial charge in [0.15, 0.2) is 0 Å². The average molecular weight is 454 g/mol. The van der Waals surface area contributed by atoms with Gasteiger partial charge in [0.1, 0.15) is 0 Å². The van der Waals surface area contributed by atoms with Crippen molar-refractivity contribution in [1.82, 2.24) is 10.2 Å². The van der Waals surface area contributed by atoms with Gasteiger partial charge in [-0.25, -0.2) is 0 Å². The van der Waals surface area contributed by atoms with Crippen molar-refractivity contribution >= 4 is 29.3 Å². The van der Waals surface area contributed by atoms with E-state index in [-0.39, 0.29) is 5.91 Å². The van der Waals surface area contributed by atoms with Gasteiger partial charge in [-0.1, -0.05) is 54.9 Å². The Labute approximate surface area is 195 Å². The molecule has 0 bridgehead atoms. The van der Waals surface area contributed by atoms with E-state index in [1.165, 1.54) is 11.1 Å². The van der Waals surface area contributed by atoms with Crippen LogP contribution in [-0.2, 0) is 17.6 Å². The molecule has 2 N–H and O–H groups in total. The highest BCUT2D eigenvalue weighted by atomic mass is 35.5. The molecule has 2 aromatic carbocycles. The summed E-state index contributed by atoms with van der Waals surface area (Å²) in [4.78, 5) is 17.1. The van der Waals surface area contributed by atoms with E-state index in [1.54, 1.807) is 0 Å². The van der Waals surface area contributed by atoms with Crippen LogP contribution in [0.15, 0.2) is 48.0 Å². The van der Waals surface area contributed by atoms with Gasteiger partial charge < -0.3 is 15.3 Å². The molecule has 1 aliphatic heterocycles. The molecule has 32 heavy (non-hydrogen) atoms. The summed E-state index contributed by atoms with van der Waals surface area (Å²) in [6.07, 6.45) is 3.67. The minimum absolute atomic E-state index is 0.0341. The lowest BCUT2D eigenvalue weighted by atomic mass is 10.1. The van der Waals surface area contributed by atoms with Gasteiger partial charge in [-0.2, -0.15) is 0 Å². The first kappa shape index (κ1) is 22.8. The van der Waals surface area contributed by atoms with E-state index in [2.05, 4.69) is 46.3 Å². The molecule has 170 valence electrons. The van der Waals surface area contributed by atoms with Crippen LogP contribution >= 0.6 is 11.6 Å². The number of aryl methyl sites for hydroxylation is 1. The highest BCUT2D eigenvalue weighted by molar-refractivity contribution is 6.34. The number of amides is 1. The molecule has 4 rings (SSSR count). The van der Waals surface area contributed by atoms with E-state index in [0.717, 1.165) is 54.4 Å². The van der Waals surface area contributed by atoms with Crippen LogP contribution in [-0.4, -0.2) is 61.3 Å². The zero-order chi connectivity index (χ0) is 22.5. The molecule has 0 aromatic heterocycles. The number of β-amino-alcohol motifs (C(OH)–C–C–N with tert-alkyl or cyclic N) is 1. The number of fused-ring (bicyclic) bond motifs is 1. The Morgan fingerprint density at radius 1 is 1.12 bits per heavy atom. The maximum absolute atomic E-state index is 12.4. The van der Waals surface area contributed by atoms with E-state index in [9.17, 15) is 9.90 Å². The number of benzene rings is 2. The van der Waals surface area contributed by atoms with E-state index in [0.29, 0.717) is 25.9 Å². The summed E-state index contributed by atoms with van der Waals surface area (Å²) in [6, 6.07) is 14.3. The smallest absolute Gasteiger partial charge is 0.247 e. The number of aliphatic hydroxyl groups is 1. The zero-order valence-electron chi connectivity index (χ0n) is 18.7. The Kier molecular flexibility index (Phi) is 7.51.